The summed E-state index contributed by atoms with van der Waals surface area (Å²) in [6.07, 6.45) is 8.50. The summed E-state index contributed by atoms with van der Waals surface area (Å²) in [5.41, 5.74) is -2.11. The number of methoxy groups -OCH3 is 1. The van der Waals surface area contributed by atoms with E-state index in [0.29, 0.717) is 6.61 Å². The van der Waals surface area contributed by atoms with Gasteiger partial charge in [0.05, 0.1) is 19.3 Å². The molecular formula is C20H32N4O5. The topological polar surface area (TPSA) is 126 Å². The van der Waals surface area contributed by atoms with Gasteiger partial charge in [-0.15, -0.1) is 0 Å². The predicted molar refractivity (Wildman–Crippen MR) is 109 cm³/mol. The van der Waals surface area contributed by atoms with Crippen molar-refractivity contribution in [2.45, 2.75) is 63.8 Å². The van der Waals surface area contributed by atoms with Crippen LogP contribution in [0.25, 0.3) is 0 Å². The highest BCUT2D eigenvalue weighted by molar-refractivity contribution is 5.83. The van der Waals surface area contributed by atoms with E-state index in [9.17, 15) is 20.0 Å². The first-order valence-electron chi connectivity index (χ1n) is 10.1. The van der Waals surface area contributed by atoms with Gasteiger partial charge in [0, 0.05) is 26.3 Å². The maximum Gasteiger partial charge on any atom is 0.412 e. The van der Waals surface area contributed by atoms with Crippen molar-refractivity contribution in [3.8, 4) is 6.07 Å². The number of ether oxygens (including phenoxy) is 2. The standard InChI is InChI=1S/C20H32N4O5/c1-3-4-5-6-7-8-9-14-29-19(27)23-17-10-12-24(18(26)22-17)20(15-21,11-13-25)16-28-2/h10,12,25H,3-9,11,13-14,16H2,1-2H3,(H,22,23,26,27)/t20-/m0/s1. The number of unbranched alkanes of at least 4 members (excludes halogenated alkanes) is 6. The monoisotopic (exact) mass is 408 g/mol. The van der Waals surface area contributed by atoms with Crippen molar-refractivity contribution in [1.29, 1.82) is 5.26 Å². The number of nitriles is 1. The van der Waals surface area contributed by atoms with Crippen LogP contribution in [0, 0.1) is 11.3 Å². The second-order valence-corrected chi connectivity index (χ2v) is 6.90. The molecule has 0 aliphatic heterocycles. The molecule has 1 amide bonds. The van der Waals surface area contributed by atoms with Crippen molar-refractivity contribution in [1.82, 2.24) is 9.55 Å². The second-order valence-electron chi connectivity index (χ2n) is 6.90. The van der Waals surface area contributed by atoms with Crippen LogP contribution in [0.2, 0.25) is 0 Å². The van der Waals surface area contributed by atoms with Crippen molar-refractivity contribution < 1.29 is 19.4 Å². The summed E-state index contributed by atoms with van der Waals surface area (Å²) >= 11 is 0. The molecule has 1 aromatic rings. The van der Waals surface area contributed by atoms with E-state index in [2.05, 4.69) is 17.2 Å². The Kier molecular flexibility index (Phi) is 11.6. The molecule has 29 heavy (non-hydrogen) atoms. The Morgan fingerprint density at radius 3 is 2.59 bits per heavy atom. The first-order valence-corrected chi connectivity index (χ1v) is 10.1. The Morgan fingerprint density at radius 1 is 1.31 bits per heavy atom. The van der Waals surface area contributed by atoms with Gasteiger partial charge in [-0.05, 0) is 12.5 Å². The van der Waals surface area contributed by atoms with Crippen LogP contribution in [-0.4, -0.2) is 47.7 Å². The van der Waals surface area contributed by atoms with Gasteiger partial charge in [0.2, 0.25) is 0 Å². The molecule has 0 spiro atoms. The number of amides is 1. The number of hydrogen-bond acceptors (Lipinski definition) is 7. The average Bonchev–Trinajstić information content (AvgIpc) is 2.70. The normalized spacial score (nSPS) is 12.8. The minimum atomic E-state index is -1.37. The maximum atomic E-state index is 12.4. The van der Waals surface area contributed by atoms with Gasteiger partial charge in [-0.25, -0.2) is 9.59 Å². The van der Waals surface area contributed by atoms with Gasteiger partial charge < -0.3 is 14.6 Å². The molecule has 0 aliphatic rings. The van der Waals surface area contributed by atoms with E-state index in [1.54, 1.807) is 0 Å². The first kappa shape index (κ1) is 24.6. The fourth-order valence-electron chi connectivity index (χ4n) is 2.99. The molecule has 0 saturated carbocycles. The number of aliphatic hydroxyl groups is 1. The van der Waals surface area contributed by atoms with Crippen molar-refractivity contribution in [2.24, 2.45) is 0 Å². The first-order chi connectivity index (χ1) is 14.0. The number of nitrogens with one attached hydrogen (secondary N) is 1. The third-order valence-electron chi connectivity index (χ3n) is 4.59. The largest absolute Gasteiger partial charge is 0.449 e. The number of aromatic nitrogens is 2. The molecule has 1 heterocycles. The van der Waals surface area contributed by atoms with E-state index in [0.717, 1.165) is 23.8 Å². The van der Waals surface area contributed by atoms with Crippen molar-refractivity contribution >= 4 is 11.9 Å². The molecule has 162 valence electrons. The number of hydrogen-bond donors (Lipinski definition) is 2. The number of aliphatic hydroxyl groups excluding tert-OH is 1. The number of nitrogens with zero attached hydrogens (tertiary/aromatic N) is 3. The van der Waals surface area contributed by atoms with Crippen molar-refractivity contribution in [2.75, 3.05) is 32.2 Å². The molecule has 0 saturated heterocycles. The summed E-state index contributed by atoms with van der Waals surface area (Å²) in [7, 11) is 1.40. The molecular weight excluding hydrogens is 376 g/mol. The van der Waals surface area contributed by atoms with Gasteiger partial charge in [0.1, 0.15) is 5.82 Å². The summed E-state index contributed by atoms with van der Waals surface area (Å²) in [5.74, 6) is 0.0315. The summed E-state index contributed by atoms with van der Waals surface area (Å²) in [4.78, 5) is 28.0. The second kappa shape index (κ2) is 13.7. The highest BCUT2D eigenvalue weighted by Gasteiger charge is 2.33. The molecule has 9 heteroatoms. The molecule has 0 unspecified atom stereocenters. The minimum Gasteiger partial charge on any atom is -0.449 e. The van der Waals surface area contributed by atoms with Gasteiger partial charge in [-0.1, -0.05) is 45.4 Å². The van der Waals surface area contributed by atoms with E-state index in [1.807, 2.05) is 6.07 Å². The molecule has 1 aromatic heterocycles. The zero-order valence-corrected chi connectivity index (χ0v) is 17.4. The molecule has 0 radical (unpaired) electrons. The highest BCUT2D eigenvalue weighted by Crippen LogP contribution is 2.19. The fourth-order valence-corrected chi connectivity index (χ4v) is 2.99. The average molecular weight is 408 g/mol. The number of anilines is 1. The Morgan fingerprint density at radius 2 is 2.00 bits per heavy atom. The third kappa shape index (κ3) is 8.21. The SMILES string of the molecule is CCCCCCCCCOC(=O)Nc1ccn([C@](C#N)(CCO)COC)c(=O)n1. The zero-order valence-electron chi connectivity index (χ0n) is 17.4. The van der Waals surface area contributed by atoms with Gasteiger partial charge in [0.25, 0.3) is 0 Å². The van der Waals surface area contributed by atoms with Gasteiger partial charge in [0.15, 0.2) is 5.54 Å². The van der Waals surface area contributed by atoms with Crippen LogP contribution in [-0.2, 0) is 15.0 Å². The van der Waals surface area contributed by atoms with Crippen molar-refractivity contribution in [3.05, 3.63) is 22.7 Å². The van der Waals surface area contributed by atoms with E-state index >= 15 is 0 Å². The maximum absolute atomic E-state index is 12.4. The minimum absolute atomic E-state index is 0.00614. The Bertz CT molecular complexity index is 708. The van der Waals surface area contributed by atoms with E-state index in [4.69, 9.17) is 9.47 Å². The van der Waals surface area contributed by atoms with Crippen molar-refractivity contribution in [3.63, 3.8) is 0 Å². The predicted octanol–water partition coefficient (Wildman–Crippen LogP) is 2.79. The number of carbonyl (C=O) groups is 1. The number of rotatable bonds is 14. The van der Waals surface area contributed by atoms with Crippen LogP contribution in [0.3, 0.4) is 0 Å². The highest BCUT2D eigenvalue weighted by atomic mass is 16.5. The van der Waals surface area contributed by atoms with Crippen LogP contribution in [0.5, 0.6) is 0 Å². The Balaban J connectivity index is 2.56. The molecule has 2 N–H and O–H groups in total. The van der Waals surface area contributed by atoms with Gasteiger partial charge in [-0.3, -0.25) is 9.88 Å². The van der Waals surface area contributed by atoms with Crippen LogP contribution >= 0.6 is 0 Å². The summed E-state index contributed by atoms with van der Waals surface area (Å²) < 4.78 is 11.2. The molecule has 0 bridgehead atoms. The molecule has 1 rings (SSSR count). The van der Waals surface area contributed by atoms with Gasteiger partial charge >= 0.3 is 11.8 Å². The molecule has 0 fully saturated rings. The molecule has 9 nitrogen and oxygen atoms in total. The van der Waals surface area contributed by atoms with Gasteiger partial charge in [-0.2, -0.15) is 10.2 Å². The molecule has 0 aliphatic carbocycles. The van der Waals surface area contributed by atoms with E-state index in [1.165, 1.54) is 45.1 Å². The molecule has 0 aromatic carbocycles. The van der Waals surface area contributed by atoms with Crippen LogP contribution < -0.4 is 11.0 Å². The lowest BCUT2D eigenvalue weighted by Gasteiger charge is -2.27. The smallest absolute Gasteiger partial charge is 0.412 e. The number of carbonyl (C=O) groups excluding carboxylic acids is 1. The van der Waals surface area contributed by atoms with E-state index in [-0.39, 0.29) is 25.5 Å². The summed E-state index contributed by atoms with van der Waals surface area (Å²) in [5, 5.41) is 21.2. The van der Waals surface area contributed by atoms with Crippen LogP contribution in [0.1, 0.15) is 58.3 Å². The summed E-state index contributed by atoms with van der Waals surface area (Å²) in [6.45, 7) is 2.10. The van der Waals surface area contributed by atoms with Crippen LogP contribution in [0.4, 0.5) is 10.6 Å². The lowest BCUT2D eigenvalue weighted by atomic mass is 9.98. The Hall–Kier alpha value is -2.44. The summed E-state index contributed by atoms with van der Waals surface area (Å²) in [6, 6.07) is 3.41. The third-order valence-corrected chi connectivity index (χ3v) is 4.59. The zero-order chi connectivity index (χ0) is 21.5. The lowest BCUT2D eigenvalue weighted by Crippen LogP contribution is -2.45. The quantitative estimate of drug-likeness (QED) is 0.453. The lowest BCUT2D eigenvalue weighted by molar-refractivity contribution is 0.0958. The Labute approximate surface area is 171 Å². The van der Waals surface area contributed by atoms with E-state index < -0.39 is 17.3 Å². The van der Waals surface area contributed by atoms with Crippen LogP contribution in [0.15, 0.2) is 17.1 Å². The fraction of sp³-hybridized carbons (Fsp3) is 0.700. The molecule has 1 atom stereocenters.